The Bertz CT molecular complexity index is 1740. The molecule has 6 nitrogen and oxygen atoms in total. The van der Waals surface area contributed by atoms with E-state index in [0.29, 0.717) is 46.1 Å². The Morgan fingerprint density at radius 3 is 2.06 bits per heavy atom. The summed E-state index contributed by atoms with van der Waals surface area (Å²) in [5.41, 5.74) is 5.28. The van der Waals surface area contributed by atoms with Crippen molar-refractivity contribution in [2.45, 2.75) is 20.0 Å². The minimum Gasteiger partial charge on any atom is -0.304 e. The Balaban J connectivity index is 1.65. The maximum Gasteiger partial charge on any atom is 0.265 e. The second-order valence-corrected chi connectivity index (χ2v) is 8.77. The van der Waals surface area contributed by atoms with Gasteiger partial charge in [0.15, 0.2) is 11.3 Å². The summed E-state index contributed by atoms with van der Waals surface area (Å²) in [6.07, 6.45) is 0. The van der Waals surface area contributed by atoms with Crippen molar-refractivity contribution in [3.8, 4) is 0 Å². The van der Waals surface area contributed by atoms with E-state index in [4.69, 9.17) is 26.6 Å². The number of para-hydroxylation sites is 2. The van der Waals surface area contributed by atoms with Gasteiger partial charge in [-0.15, -0.1) is 0 Å². The molecule has 0 spiro atoms. The molecule has 0 saturated carbocycles. The lowest BCUT2D eigenvalue weighted by Gasteiger charge is -2.11. The Kier molecular flexibility index (Phi) is 4.89. The van der Waals surface area contributed by atoms with Gasteiger partial charge in [0.25, 0.3) is 5.56 Å². The fourth-order valence-corrected chi connectivity index (χ4v) is 4.50. The number of hydrogen-bond acceptors (Lipinski definition) is 4. The van der Waals surface area contributed by atoms with Crippen LogP contribution in [0, 0.1) is 6.92 Å². The van der Waals surface area contributed by atoms with Gasteiger partial charge in [-0.1, -0.05) is 66.2 Å². The molecule has 0 unspecified atom stereocenters. The maximum absolute atomic E-state index is 13.8. The van der Waals surface area contributed by atoms with Crippen molar-refractivity contribution >= 4 is 44.8 Å². The first-order valence-electron chi connectivity index (χ1n) is 11.0. The second-order valence-electron chi connectivity index (χ2n) is 8.33. The molecule has 0 fully saturated rings. The largest absolute Gasteiger partial charge is 0.304 e. The minimum atomic E-state index is -0.115. The molecule has 3 aromatic heterocycles. The van der Waals surface area contributed by atoms with Gasteiger partial charge in [-0.25, -0.2) is 15.0 Å². The Hall–Kier alpha value is -4.03. The van der Waals surface area contributed by atoms with Gasteiger partial charge >= 0.3 is 0 Å². The van der Waals surface area contributed by atoms with Gasteiger partial charge in [-0.3, -0.25) is 9.36 Å². The molecule has 0 atom stereocenters. The molecule has 0 aliphatic rings. The molecule has 0 aliphatic heterocycles. The van der Waals surface area contributed by atoms with Crippen LogP contribution >= 0.6 is 11.6 Å². The Morgan fingerprint density at radius 2 is 1.32 bits per heavy atom. The number of fused-ring (bicyclic) bond motifs is 4. The predicted molar refractivity (Wildman–Crippen MR) is 135 cm³/mol. The fraction of sp³-hybridized carbons (Fsp3) is 0.111. The smallest absolute Gasteiger partial charge is 0.265 e. The maximum atomic E-state index is 13.8. The van der Waals surface area contributed by atoms with Crippen LogP contribution in [-0.4, -0.2) is 24.1 Å². The van der Waals surface area contributed by atoms with Gasteiger partial charge in [0.05, 0.1) is 24.1 Å². The first-order chi connectivity index (χ1) is 16.6. The SMILES string of the molecule is Cc1nc2c(c(=O)n1Cc1ccccc1)c1nc3ccccc3nc1n2Cc1ccc(Cl)cc1. The third-order valence-corrected chi connectivity index (χ3v) is 6.33. The highest BCUT2D eigenvalue weighted by molar-refractivity contribution is 6.30. The average molecular weight is 466 g/mol. The number of halogens is 1. The number of aromatic nitrogens is 5. The molecule has 166 valence electrons. The molecule has 0 aliphatic carbocycles. The molecule has 0 N–H and O–H groups in total. The van der Waals surface area contributed by atoms with Gasteiger partial charge < -0.3 is 4.57 Å². The summed E-state index contributed by atoms with van der Waals surface area (Å²) in [4.78, 5) is 28.5. The lowest BCUT2D eigenvalue weighted by Crippen LogP contribution is -2.24. The number of aryl methyl sites for hydroxylation is 1. The first-order valence-corrected chi connectivity index (χ1v) is 11.4. The summed E-state index contributed by atoms with van der Waals surface area (Å²) in [7, 11) is 0. The minimum absolute atomic E-state index is 0.115. The summed E-state index contributed by atoms with van der Waals surface area (Å²) >= 11 is 6.09. The highest BCUT2D eigenvalue weighted by Crippen LogP contribution is 2.27. The van der Waals surface area contributed by atoms with Crippen LogP contribution in [-0.2, 0) is 13.1 Å². The molecular weight excluding hydrogens is 446 g/mol. The molecule has 0 amide bonds. The van der Waals surface area contributed by atoms with Crippen LogP contribution < -0.4 is 5.56 Å². The van der Waals surface area contributed by atoms with Gasteiger partial charge in [0.2, 0.25) is 0 Å². The number of benzene rings is 3. The average Bonchev–Trinajstić information content (AvgIpc) is 3.14. The van der Waals surface area contributed by atoms with E-state index in [1.54, 1.807) is 4.57 Å². The van der Waals surface area contributed by atoms with E-state index in [0.717, 1.165) is 22.2 Å². The molecule has 34 heavy (non-hydrogen) atoms. The zero-order valence-electron chi connectivity index (χ0n) is 18.4. The molecule has 0 bridgehead atoms. The van der Waals surface area contributed by atoms with E-state index in [2.05, 4.69) is 0 Å². The van der Waals surface area contributed by atoms with E-state index in [-0.39, 0.29) is 5.56 Å². The highest BCUT2D eigenvalue weighted by Gasteiger charge is 2.21. The van der Waals surface area contributed by atoms with Crippen molar-refractivity contribution in [2.24, 2.45) is 0 Å². The van der Waals surface area contributed by atoms with Gasteiger partial charge in [-0.2, -0.15) is 0 Å². The van der Waals surface area contributed by atoms with E-state index in [1.807, 2.05) is 90.4 Å². The summed E-state index contributed by atoms with van der Waals surface area (Å²) < 4.78 is 3.69. The number of nitrogens with zero attached hydrogens (tertiary/aromatic N) is 5. The summed E-state index contributed by atoms with van der Waals surface area (Å²) in [5, 5.41) is 1.17. The van der Waals surface area contributed by atoms with Gasteiger partial charge in [0.1, 0.15) is 16.7 Å². The van der Waals surface area contributed by atoms with E-state index in [9.17, 15) is 4.79 Å². The van der Waals surface area contributed by atoms with Gasteiger partial charge in [-0.05, 0) is 42.3 Å². The standard InChI is InChI=1S/C27H20ClN5O/c1-17-29-25-23(27(34)32(17)15-18-7-3-2-4-8-18)24-26(31-22-10-6-5-9-21(22)30-24)33(25)16-19-11-13-20(28)14-12-19/h2-14H,15-16H2,1H3. The molecule has 3 aromatic carbocycles. The molecule has 7 heteroatoms. The fourth-order valence-electron chi connectivity index (χ4n) is 4.37. The van der Waals surface area contributed by atoms with Crippen molar-refractivity contribution in [1.29, 1.82) is 0 Å². The third kappa shape index (κ3) is 3.43. The molecule has 6 rings (SSSR count). The van der Waals surface area contributed by atoms with Crippen LogP contribution in [0.25, 0.3) is 33.2 Å². The zero-order chi connectivity index (χ0) is 23.2. The molecule has 3 heterocycles. The third-order valence-electron chi connectivity index (χ3n) is 6.08. The van der Waals surface area contributed by atoms with Crippen LogP contribution in [0.1, 0.15) is 17.0 Å². The lowest BCUT2D eigenvalue weighted by atomic mass is 10.2. The van der Waals surface area contributed by atoms with Crippen molar-refractivity contribution in [2.75, 3.05) is 0 Å². The second kappa shape index (κ2) is 8.08. The van der Waals surface area contributed by atoms with E-state index >= 15 is 0 Å². The quantitative estimate of drug-likeness (QED) is 0.352. The molecule has 6 aromatic rings. The van der Waals surface area contributed by atoms with E-state index in [1.165, 1.54) is 0 Å². The van der Waals surface area contributed by atoms with Crippen LogP contribution in [0.2, 0.25) is 5.02 Å². The first kappa shape index (κ1) is 20.6. The molecule has 0 saturated heterocycles. The summed E-state index contributed by atoms with van der Waals surface area (Å²) in [6.45, 7) is 2.81. The predicted octanol–water partition coefficient (Wildman–Crippen LogP) is 5.35. The number of hydrogen-bond donors (Lipinski definition) is 0. The van der Waals surface area contributed by atoms with E-state index < -0.39 is 0 Å². The molecule has 0 radical (unpaired) electrons. The Morgan fingerprint density at radius 1 is 0.706 bits per heavy atom. The topological polar surface area (TPSA) is 65.6 Å². The monoisotopic (exact) mass is 465 g/mol. The highest BCUT2D eigenvalue weighted by atomic mass is 35.5. The van der Waals surface area contributed by atoms with Crippen LogP contribution in [0.3, 0.4) is 0 Å². The van der Waals surface area contributed by atoms with Crippen molar-refractivity contribution in [3.05, 3.63) is 111 Å². The summed E-state index contributed by atoms with van der Waals surface area (Å²) in [5.74, 6) is 0.645. The van der Waals surface area contributed by atoms with Crippen molar-refractivity contribution in [1.82, 2.24) is 24.1 Å². The van der Waals surface area contributed by atoms with Crippen LogP contribution in [0.15, 0.2) is 83.7 Å². The lowest BCUT2D eigenvalue weighted by molar-refractivity contribution is 0.707. The van der Waals surface area contributed by atoms with Crippen LogP contribution in [0.4, 0.5) is 0 Å². The van der Waals surface area contributed by atoms with Crippen LogP contribution in [0.5, 0.6) is 0 Å². The van der Waals surface area contributed by atoms with Crippen molar-refractivity contribution in [3.63, 3.8) is 0 Å². The number of rotatable bonds is 4. The Labute approximate surface area is 200 Å². The van der Waals surface area contributed by atoms with Gasteiger partial charge in [0, 0.05) is 5.02 Å². The van der Waals surface area contributed by atoms with Crippen molar-refractivity contribution < 1.29 is 0 Å². The summed E-state index contributed by atoms with van der Waals surface area (Å²) in [6, 6.07) is 25.3. The zero-order valence-corrected chi connectivity index (χ0v) is 19.2. The normalized spacial score (nSPS) is 11.6. The molecular formula is C27H20ClN5O.